The maximum absolute atomic E-state index is 13.7. The van der Waals surface area contributed by atoms with E-state index in [2.05, 4.69) is 16.2 Å². The molecule has 0 aliphatic rings. The minimum Gasteiger partial charge on any atom is -0.483 e. The average molecular weight is 480 g/mol. The Kier molecular flexibility index (Phi) is 8.39. The molecule has 0 fully saturated rings. The Morgan fingerprint density at radius 2 is 1.57 bits per heavy atom. The van der Waals surface area contributed by atoms with Crippen molar-refractivity contribution < 1.29 is 28.2 Å². The highest BCUT2D eigenvalue weighted by Crippen LogP contribution is 2.22. The molecule has 35 heavy (non-hydrogen) atoms. The molecule has 0 bridgehead atoms. The first kappa shape index (κ1) is 25.2. The monoisotopic (exact) mass is 479 g/mol. The summed E-state index contributed by atoms with van der Waals surface area (Å²) >= 11 is 0. The van der Waals surface area contributed by atoms with Gasteiger partial charge in [-0.1, -0.05) is 36.4 Å². The lowest BCUT2D eigenvalue weighted by Gasteiger charge is -2.17. The van der Waals surface area contributed by atoms with E-state index >= 15 is 0 Å². The number of nitrogens with one attached hydrogen (secondary N) is 3. The number of anilines is 1. The highest BCUT2D eigenvalue weighted by molar-refractivity contribution is 5.98. The van der Waals surface area contributed by atoms with Crippen LogP contribution in [0.15, 0.2) is 66.7 Å². The van der Waals surface area contributed by atoms with E-state index in [9.17, 15) is 18.8 Å². The molecule has 0 heterocycles. The fraction of sp³-hybridized carbons (Fsp3) is 0.192. The maximum Gasteiger partial charge on any atom is 0.279 e. The van der Waals surface area contributed by atoms with Crippen molar-refractivity contribution in [3.05, 3.63) is 89.2 Å². The molecular formula is C26H26FN3O5. The number of para-hydroxylation sites is 2. The highest BCUT2D eigenvalue weighted by Gasteiger charge is 2.19. The van der Waals surface area contributed by atoms with Crippen LogP contribution in [0.1, 0.15) is 28.4 Å². The van der Waals surface area contributed by atoms with Crippen LogP contribution >= 0.6 is 0 Å². The number of hydrogen-bond donors (Lipinski definition) is 3. The van der Waals surface area contributed by atoms with Gasteiger partial charge in [-0.2, -0.15) is 0 Å². The third-order valence-electron chi connectivity index (χ3n) is 5.17. The van der Waals surface area contributed by atoms with Gasteiger partial charge in [-0.25, -0.2) is 4.39 Å². The number of rotatable bonds is 8. The summed E-state index contributed by atoms with van der Waals surface area (Å²) < 4.78 is 24.9. The van der Waals surface area contributed by atoms with Crippen LogP contribution in [0, 0.1) is 19.7 Å². The van der Waals surface area contributed by atoms with Crippen LogP contribution in [0.2, 0.25) is 0 Å². The summed E-state index contributed by atoms with van der Waals surface area (Å²) in [6.45, 7) is 4.95. The van der Waals surface area contributed by atoms with Crippen molar-refractivity contribution in [1.82, 2.24) is 10.9 Å². The van der Waals surface area contributed by atoms with E-state index in [1.165, 1.54) is 30.3 Å². The van der Waals surface area contributed by atoms with Gasteiger partial charge in [0.1, 0.15) is 17.3 Å². The van der Waals surface area contributed by atoms with Crippen LogP contribution in [-0.4, -0.2) is 30.4 Å². The first-order chi connectivity index (χ1) is 16.8. The molecule has 0 aliphatic carbocycles. The predicted octanol–water partition coefficient (Wildman–Crippen LogP) is 3.69. The molecule has 0 spiro atoms. The Morgan fingerprint density at radius 3 is 2.34 bits per heavy atom. The van der Waals surface area contributed by atoms with Crippen molar-refractivity contribution in [2.75, 3.05) is 11.9 Å². The van der Waals surface area contributed by atoms with Crippen LogP contribution < -0.4 is 25.6 Å². The number of amides is 3. The van der Waals surface area contributed by atoms with Crippen LogP contribution in [0.3, 0.4) is 0 Å². The molecule has 1 atom stereocenters. The first-order valence-electron chi connectivity index (χ1n) is 10.9. The molecule has 3 aromatic carbocycles. The average Bonchev–Trinajstić information content (AvgIpc) is 2.85. The summed E-state index contributed by atoms with van der Waals surface area (Å²) in [5.74, 6) is -1.69. The topological polar surface area (TPSA) is 106 Å². The summed E-state index contributed by atoms with van der Waals surface area (Å²) in [4.78, 5) is 37.2. The van der Waals surface area contributed by atoms with Gasteiger partial charge >= 0.3 is 0 Å². The van der Waals surface area contributed by atoms with Crippen molar-refractivity contribution >= 4 is 23.4 Å². The molecule has 3 amide bonds. The molecule has 182 valence electrons. The fourth-order valence-electron chi connectivity index (χ4n) is 3.06. The van der Waals surface area contributed by atoms with E-state index in [1.807, 2.05) is 26.0 Å². The van der Waals surface area contributed by atoms with Crippen LogP contribution in [-0.2, 0) is 9.59 Å². The van der Waals surface area contributed by atoms with E-state index in [-0.39, 0.29) is 17.0 Å². The quantitative estimate of drug-likeness (QED) is 0.428. The standard InChI is InChI=1S/C26H26FN3O5/c1-16-9-8-14-22(17(16)2)35-18(3)25(32)29-30-26(33)19-10-4-7-13-23(19)34-15-24(31)28-21-12-6-5-11-20(21)27/h4-14,18H,15H2,1-3H3,(H,28,31)(H,29,32)(H,30,33). The summed E-state index contributed by atoms with van der Waals surface area (Å²) in [6.07, 6.45) is -0.871. The molecule has 1 unspecified atom stereocenters. The number of hydrazine groups is 1. The molecular weight excluding hydrogens is 453 g/mol. The Hall–Kier alpha value is -4.40. The number of aryl methyl sites for hydroxylation is 1. The summed E-state index contributed by atoms with van der Waals surface area (Å²) in [7, 11) is 0. The van der Waals surface area contributed by atoms with Gasteiger partial charge in [0.25, 0.3) is 17.7 Å². The fourth-order valence-corrected chi connectivity index (χ4v) is 3.06. The van der Waals surface area contributed by atoms with Gasteiger partial charge in [0.15, 0.2) is 12.7 Å². The zero-order valence-corrected chi connectivity index (χ0v) is 19.6. The second-order valence-corrected chi connectivity index (χ2v) is 7.71. The molecule has 0 radical (unpaired) electrons. The van der Waals surface area contributed by atoms with Crippen LogP contribution in [0.4, 0.5) is 10.1 Å². The summed E-state index contributed by atoms with van der Waals surface area (Å²) in [5.41, 5.74) is 6.70. The van der Waals surface area contributed by atoms with E-state index in [1.54, 1.807) is 31.2 Å². The summed E-state index contributed by atoms with van der Waals surface area (Å²) in [6, 6.07) is 17.5. The number of carbonyl (C=O) groups excluding carboxylic acids is 3. The third kappa shape index (κ3) is 6.80. The molecule has 0 saturated heterocycles. The minimum atomic E-state index is -0.871. The molecule has 3 aromatic rings. The van der Waals surface area contributed by atoms with Crippen molar-refractivity contribution in [1.29, 1.82) is 0 Å². The minimum absolute atomic E-state index is 0.0204. The maximum atomic E-state index is 13.7. The zero-order chi connectivity index (χ0) is 25.4. The second kappa shape index (κ2) is 11.6. The Bertz CT molecular complexity index is 1230. The predicted molar refractivity (Wildman–Crippen MR) is 129 cm³/mol. The zero-order valence-electron chi connectivity index (χ0n) is 19.6. The SMILES string of the molecule is Cc1cccc(OC(C)C(=O)NNC(=O)c2ccccc2OCC(=O)Nc2ccccc2F)c1C. The Morgan fingerprint density at radius 1 is 0.886 bits per heavy atom. The van der Waals surface area contributed by atoms with Gasteiger partial charge in [-0.3, -0.25) is 25.2 Å². The van der Waals surface area contributed by atoms with Crippen molar-refractivity contribution in [2.24, 2.45) is 0 Å². The molecule has 9 heteroatoms. The molecule has 8 nitrogen and oxygen atoms in total. The summed E-state index contributed by atoms with van der Waals surface area (Å²) in [5, 5.41) is 2.40. The van der Waals surface area contributed by atoms with Crippen LogP contribution in [0.25, 0.3) is 0 Å². The second-order valence-electron chi connectivity index (χ2n) is 7.71. The van der Waals surface area contributed by atoms with E-state index < -0.39 is 36.2 Å². The Labute approximate surface area is 202 Å². The molecule has 0 aliphatic heterocycles. The molecule has 3 rings (SSSR count). The van der Waals surface area contributed by atoms with E-state index in [4.69, 9.17) is 9.47 Å². The Balaban J connectivity index is 1.55. The van der Waals surface area contributed by atoms with Gasteiger partial charge in [0, 0.05) is 0 Å². The lowest BCUT2D eigenvalue weighted by Crippen LogP contribution is -2.47. The molecule has 3 N–H and O–H groups in total. The lowest BCUT2D eigenvalue weighted by molar-refractivity contribution is -0.128. The number of benzene rings is 3. The number of hydrogen-bond acceptors (Lipinski definition) is 5. The van der Waals surface area contributed by atoms with Gasteiger partial charge in [-0.15, -0.1) is 0 Å². The molecule has 0 saturated carbocycles. The first-order valence-corrected chi connectivity index (χ1v) is 10.9. The number of halogens is 1. The molecule has 0 aromatic heterocycles. The van der Waals surface area contributed by atoms with Gasteiger partial charge in [0.2, 0.25) is 0 Å². The van der Waals surface area contributed by atoms with E-state index in [0.29, 0.717) is 5.75 Å². The lowest BCUT2D eigenvalue weighted by atomic mass is 10.1. The third-order valence-corrected chi connectivity index (χ3v) is 5.17. The highest BCUT2D eigenvalue weighted by atomic mass is 19.1. The largest absolute Gasteiger partial charge is 0.483 e. The van der Waals surface area contributed by atoms with Crippen molar-refractivity contribution in [3.8, 4) is 11.5 Å². The van der Waals surface area contributed by atoms with Crippen molar-refractivity contribution in [2.45, 2.75) is 26.9 Å². The van der Waals surface area contributed by atoms with Gasteiger partial charge in [0.05, 0.1) is 11.3 Å². The smallest absolute Gasteiger partial charge is 0.279 e. The van der Waals surface area contributed by atoms with Gasteiger partial charge in [-0.05, 0) is 62.2 Å². The van der Waals surface area contributed by atoms with Crippen LogP contribution in [0.5, 0.6) is 11.5 Å². The number of carbonyl (C=O) groups is 3. The van der Waals surface area contributed by atoms with E-state index in [0.717, 1.165) is 11.1 Å². The van der Waals surface area contributed by atoms with Crippen molar-refractivity contribution in [3.63, 3.8) is 0 Å². The normalized spacial score (nSPS) is 11.2. The number of ether oxygens (including phenoxy) is 2. The van der Waals surface area contributed by atoms with Gasteiger partial charge < -0.3 is 14.8 Å².